The normalized spacial score (nSPS) is 24.1. The molecule has 1 aromatic rings. The molecule has 0 aromatic heterocycles. The van der Waals surface area contributed by atoms with Crippen molar-refractivity contribution in [3.05, 3.63) is 29.8 Å². The Bertz CT molecular complexity index is 754. The number of benzene rings is 1. The number of aryl methyl sites for hydroxylation is 1. The predicted octanol–water partition coefficient (Wildman–Crippen LogP) is 3.83. The van der Waals surface area contributed by atoms with Crippen molar-refractivity contribution in [2.24, 2.45) is 5.92 Å². The molecule has 2 atom stereocenters. The van der Waals surface area contributed by atoms with Gasteiger partial charge >= 0.3 is 0 Å². The Labute approximate surface area is 170 Å². The van der Waals surface area contributed by atoms with Gasteiger partial charge in [0.25, 0.3) is 0 Å². The van der Waals surface area contributed by atoms with Crippen molar-refractivity contribution >= 4 is 15.9 Å². The molecule has 6 heteroatoms. The van der Waals surface area contributed by atoms with Gasteiger partial charge in [0.05, 0.1) is 4.90 Å². The van der Waals surface area contributed by atoms with Crippen molar-refractivity contribution in [2.45, 2.75) is 75.6 Å². The van der Waals surface area contributed by atoms with Gasteiger partial charge in [0, 0.05) is 32.6 Å². The van der Waals surface area contributed by atoms with E-state index in [4.69, 9.17) is 0 Å². The summed E-state index contributed by atoms with van der Waals surface area (Å²) in [5, 5.41) is 0. The first-order chi connectivity index (χ1) is 13.4. The van der Waals surface area contributed by atoms with E-state index in [2.05, 4.69) is 6.92 Å². The van der Waals surface area contributed by atoms with Gasteiger partial charge in [-0.25, -0.2) is 8.42 Å². The first kappa shape index (κ1) is 21.3. The number of carbonyl (C=O) groups is 1. The monoisotopic (exact) mass is 406 g/mol. The molecule has 1 aromatic carbocycles. The molecule has 28 heavy (non-hydrogen) atoms. The van der Waals surface area contributed by atoms with Crippen molar-refractivity contribution in [3.8, 4) is 0 Å². The maximum atomic E-state index is 12.7. The third kappa shape index (κ3) is 4.95. The predicted molar refractivity (Wildman–Crippen MR) is 112 cm³/mol. The lowest BCUT2D eigenvalue weighted by molar-refractivity contribution is -0.133. The van der Waals surface area contributed by atoms with Gasteiger partial charge in [-0.3, -0.25) is 4.79 Å². The Morgan fingerprint density at radius 3 is 2.32 bits per heavy atom. The van der Waals surface area contributed by atoms with Gasteiger partial charge in [0.2, 0.25) is 15.9 Å². The molecule has 1 amide bonds. The summed E-state index contributed by atoms with van der Waals surface area (Å²) in [5.41, 5.74) is 1.01. The number of piperidine rings is 1. The Balaban J connectivity index is 1.56. The summed E-state index contributed by atoms with van der Waals surface area (Å²) in [7, 11) is -1.45. The molecule has 2 aliphatic rings. The summed E-state index contributed by atoms with van der Waals surface area (Å²) >= 11 is 0. The lowest BCUT2D eigenvalue weighted by Crippen LogP contribution is -2.42. The average molecular weight is 407 g/mol. The SMILES string of the molecule is CC1CCCCC1N(C)C(=O)CCc1ccc(S(=O)(=O)N2CCCCC2)cc1. The van der Waals surface area contributed by atoms with E-state index in [0.29, 0.717) is 42.8 Å². The highest BCUT2D eigenvalue weighted by atomic mass is 32.2. The summed E-state index contributed by atoms with van der Waals surface area (Å²) in [6.07, 6.45) is 8.88. The maximum Gasteiger partial charge on any atom is 0.243 e. The first-order valence-corrected chi connectivity index (χ1v) is 12.2. The van der Waals surface area contributed by atoms with Crippen LogP contribution in [0.3, 0.4) is 0 Å². The van der Waals surface area contributed by atoms with Crippen molar-refractivity contribution in [3.63, 3.8) is 0 Å². The number of nitrogens with zero attached hydrogens (tertiary/aromatic N) is 2. The molecular formula is C22H34N2O3S. The summed E-state index contributed by atoms with van der Waals surface area (Å²) in [5.74, 6) is 0.755. The van der Waals surface area contributed by atoms with Crippen molar-refractivity contribution in [1.82, 2.24) is 9.21 Å². The molecule has 3 rings (SSSR count). The van der Waals surface area contributed by atoms with E-state index >= 15 is 0 Å². The van der Waals surface area contributed by atoms with E-state index in [1.54, 1.807) is 16.4 Å². The highest BCUT2D eigenvalue weighted by Crippen LogP contribution is 2.28. The molecular weight excluding hydrogens is 372 g/mol. The average Bonchev–Trinajstić information content (AvgIpc) is 2.73. The standard InChI is InChI=1S/C22H34N2O3S/c1-18-8-4-5-9-21(18)23(2)22(25)15-12-19-10-13-20(14-11-19)28(26,27)24-16-6-3-7-17-24/h10-11,13-14,18,21H,3-9,12,15-17H2,1-2H3. The van der Waals surface area contributed by atoms with Gasteiger partial charge in [0.1, 0.15) is 0 Å². The number of sulfonamides is 1. The smallest absolute Gasteiger partial charge is 0.243 e. The molecule has 5 nitrogen and oxygen atoms in total. The van der Waals surface area contributed by atoms with Crippen LogP contribution in [0.4, 0.5) is 0 Å². The molecule has 1 saturated carbocycles. The second-order valence-electron chi connectivity index (χ2n) is 8.44. The molecule has 1 saturated heterocycles. The molecule has 2 unspecified atom stereocenters. The minimum atomic E-state index is -3.39. The van der Waals surface area contributed by atoms with E-state index in [1.807, 2.05) is 24.1 Å². The Hall–Kier alpha value is -1.40. The molecule has 156 valence electrons. The van der Waals surface area contributed by atoms with Gasteiger partial charge in [0.15, 0.2) is 0 Å². The van der Waals surface area contributed by atoms with Gasteiger partial charge in [-0.2, -0.15) is 4.31 Å². The zero-order valence-electron chi connectivity index (χ0n) is 17.3. The second kappa shape index (κ2) is 9.40. The molecule has 2 fully saturated rings. The second-order valence-corrected chi connectivity index (χ2v) is 10.4. The van der Waals surface area contributed by atoms with Crippen LogP contribution in [0.15, 0.2) is 29.2 Å². The molecule has 1 heterocycles. The molecule has 0 bridgehead atoms. The van der Waals surface area contributed by atoms with Crippen LogP contribution in [0, 0.1) is 5.92 Å². The zero-order valence-corrected chi connectivity index (χ0v) is 18.1. The van der Waals surface area contributed by atoms with Crippen LogP contribution in [0.2, 0.25) is 0 Å². The molecule has 0 spiro atoms. The fraction of sp³-hybridized carbons (Fsp3) is 0.682. The minimum absolute atomic E-state index is 0.184. The molecule has 1 aliphatic carbocycles. The van der Waals surface area contributed by atoms with Gasteiger partial charge in [-0.1, -0.05) is 38.3 Å². The Morgan fingerprint density at radius 1 is 1.04 bits per heavy atom. The van der Waals surface area contributed by atoms with Crippen LogP contribution in [-0.2, 0) is 21.2 Å². The lowest BCUT2D eigenvalue weighted by atomic mass is 9.85. The van der Waals surface area contributed by atoms with E-state index in [9.17, 15) is 13.2 Å². The summed E-state index contributed by atoms with van der Waals surface area (Å²) < 4.78 is 27.0. The fourth-order valence-electron chi connectivity index (χ4n) is 4.57. The zero-order chi connectivity index (χ0) is 20.1. The van der Waals surface area contributed by atoms with Crippen LogP contribution in [0.5, 0.6) is 0 Å². The van der Waals surface area contributed by atoms with E-state index in [-0.39, 0.29) is 5.91 Å². The number of amides is 1. The van der Waals surface area contributed by atoms with E-state index in [0.717, 1.165) is 31.2 Å². The van der Waals surface area contributed by atoms with Crippen LogP contribution < -0.4 is 0 Å². The third-order valence-corrected chi connectivity index (χ3v) is 8.37. The number of rotatable bonds is 6. The quantitative estimate of drug-likeness (QED) is 0.721. The summed E-state index contributed by atoms with van der Waals surface area (Å²) in [6.45, 7) is 3.48. The Morgan fingerprint density at radius 2 is 1.68 bits per heavy atom. The summed E-state index contributed by atoms with van der Waals surface area (Å²) in [4.78, 5) is 14.9. The van der Waals surface area contributed by atoms with Crippen molar-refractivity contribution in [2.75, 3.05) is 20.1 Å². The van der Waals surface area contributed by atoms with Crippen molar-refractivity contribution in [1.29, 1.82) is 0 Å². The number of hydrogen-bond acceptors (Lipinski definition) is 3. The molecule has 0 N–H and O–H groups in total. The van der Waals surface area contributed by atoms with Gasteiger partial charge in [-0.05, 0) is 55.7 Å². The van der Waals surface area contributed by atoms with Gasteiger partial charge in [-0.15, -0.1) is 0 Å². The number of hydrogen-bond donors (Lipinski definition) is 0. The molecule has 0 radical (unpaired) electrons. The lowest BCUT2D eigenvalue weighted by Gasteiger charge is -2.36. The van der Waals surface area contributed by atoms with Crippen molar-refractivity contribution < 1.29 is 13.2 Å². The van der Waals surface area contributed by atoms with E-state index in [1.165, 1.54) is 19.3 Å². The largest absolute Gasteiger partial charge is 0.343 e. The maximum absolute atomic E-state index is 12.7. The highest BCUT2D eigenvalue weighted by Gasteiger charge is 2.28. The summed E-state index contributed by atoms with van der Waals surface area (Å²) in [6, 6.07) is 7.45. The topological polar surface area (TPSA) is 57.7 Å². The van der Waals surface area contributed by atoms with Gasteiger partial charge < -0.3 is 4.90 Å². The van der Waals surface area contributed by atoms with E-state index < -0.39 is 10.0 Å². The van der Waals surface area contributed by atoms with Crippen LogP contribution in [-0.4, -0.2) is 49.7 Å². The first-order valence-electron chi connectivity index (χ1n) is 10.7. The van der Waals surface area contributed by atoms with Crippen LogP contribution in [0.1, 0.15) is 63.9 Å². The highest BCUT2D eigenvalue weighted by molar-refractivity contribution is 7.89. The minimum Gasteiger partial charge on any atom is -0.343 e. The third-order valence-electron chi connectivity index (χ3n) is 6.46. The number of carbonyl (C=O) groups excluding carboxylic acids is 1. The Kier molecular flexibility index (Phi) is 7.15. The van der Waals surface area contributed by atoms with Crippen LogP contribution in [0.25, 0.3) is 0 Å². The van der Waals surface area contributed by atoms with Crippen LogP contribution >= 0.6 is 0 Å². The molecule has 1 aliphatic heterocycles. The fourth-order valence-corrected chi connectivity index (χ4v) is 6.08.